The van der Waals surface area contributed by atoms with Crippen LogP contribution in [-0.2, 0) is 24.4 Å². The second kappa shape index (κ2) is 8.14. The third-order valence-electron chi connectivity index (χ3n) is 4.28. The predicted octanol–water partition coefficient (Wildman–Crippen LogP) is 3.70. The number of benzene rings is 1. The highest BCUT2D eigenvalue weighted by atomic mass is 32.2. The van der Waals surface area contributed by atoms with Crippen molar-refractivity contribution in [1.82, 2.24) is 15.1 Å². The monoisotopic (exact) mass is 401 g/mol. The van der Waals surface area contributed by atoms with Crippen LogP contribution in [0, 0.1) is 6.92 Å². The van der Waals surface area contributed by atoms with E-state index in [1.807, 2.05) is 36.1 Å². The van der Waals surface area contributed by atoms with Crippen molar-refractivity contribution < 1.29 is 13.9 Å². The molecule has 3 heterocycles. The molecule has 0 aliphatic carbocycles. The fraction of sp³-hybridized carbons (Fsp3) is 0.316. The van der Waals surface area contributed by atoms with Gasteiger partial charge in [0.1, 0.15) is 5.75 Å². The minimum atomic E-state index is 0.0904. The Hall–Kier alpha value is -2.32. The van der Waals surface area contributed by atoms with Gasteiger partial charge in [0.05, 0.1) is 5.75 Å². The summed E-state index contributed by atoms with van der Waals surface area (Å²) in [6, 6.07) is 9.88. The molecule has 0 spiro atoms. The van der Waals surface area contributed by atoms with Crippen molar-refractivity contribution in [3.05, 3.63) is 57.6 Å². The maximum Gasteiger partial charge on any atom is 0.277 e. The SMILES string of the molecule is Cc1cccc(OCc2nnc(SCC(=O)N3CCc4sccc4C3)o2)c1. The van der Waals surface area contributed by atoms with E-state index in [-0.39, 0.29) is 12.5 Å². The van der Waals surface area contributed by atoms with Crippen molar-refractivity contribution in [2.24, 2.45) is 0 Å². The molecular weight excluding hydrogens is 382 g/mol. The number of nitrogens with zero attached hydrogens (tertiary/aromatic N) is 3. The molecule has 0 bridgehead atoms. The number of carbonyl (C=O) groups is 1. The van der Waals surface area contributed by atoms with Crippen LogP contribution in [-0.4, -0.2) is 33.3 Å². The standard InChI is InChI=1S/C19H19N3O3S2/c1-13-3-2-4-15(9-13)24-11-17-20-21-19(25-17)27-12-18(23)22-7-5-16-14(10-22)6-8-26-16/h2-4,6,8-9H,5,7,10-12H2,1H3. The van der Waals surface area contributed by atoms with Gasteiger partial charge in [-0.3, -0.25) is 4.79 Å². The summed E-state index contributed by atoms with van der Waals surface area (Å²) in [5, 5.41) is 10.4. The zero-order valence-corrected chi connectivity index (χ0v) is 16.5. The van der Waals surface area contributed by atoms with E-state index in [9.17, 15) is 4.79 Å². The summed E-state index contributed by atoms with van der Waals surface area (Å²) in [4.78, 5) is 15.7. The molecule has 1 aromatic carbocycles. The van der Waals surface area contributed by atoms with Crippen molar-refractivity contribution in [3.63, 3.8) is 0 Å². The highest BCUT2D eigenvalue weighted by Crippen LogP contribution is 2.25. The summed E-state index contributed by atoms with van der Waals surface area (Å²) in [6.45, 7) is 3.68. The highest BCUT2D eigenvalue weighted by Gasteiger charge is 2.22. The van der Waals surface area contributed by atoms with Crippen LogP contribution < -0.4 is 4.74 Å². The van der Waals surface area contributed by atoms with E-state index in [2.05, 4.69) is 21.6 Å². The predicted molar refractivity (Wildman–Crippen MR) is 104 cm³/mol. The number of thiophene rings is 1. The maximum absolute atomic E-state index is 12.4. The Morgan fingerprint density at radius 2 is 2.30 bits per heavy atom. The average Bonchev–Trinajstić information content (AvgIpc) is 3.33. The van der Waals surface area contributed by atoms with Crippen LogP contribution in [0.4, 0.5) is 0 Å². The maximum atomic E-state index is 12.4. The Bertz CT molecular complexity index is 938. The number of fused-ring (bicyclic) bond motifs is 1. The zero-order chi connectivity index (χ0) is 18.6. The summed E-state index contributed by atoms with van der Waals surface area (Å²) >= 11 is 3.03. The van der Waals surface area contributed by atoms with E-state index in [4.69, 9.17) is 9.15 Å². The minimum absolute atomic E-state index is 0.0904. The number of rotatable bonds is 6. The van der Waals surface area contributed by atoms with Gasteiger partial charge in [-0.05, 0) is 48.1 Å². The van der Waals surface area contributed by atoms with E-state index in [1.54, 1.807) is 11.3 Å². The first-order valence-electron chi connectivity index (χ1n) is 8.65. The molecular formula is C19H19N3O3S2. The fourth-order valence-electron chi connectivity index (χ4n) is 2.88. The molecule has 0 fully saturated rings. The van der Waals surface area contributed by atoms with Gasteiger partial charge < -0.3 is 14.1 Å². The van der Waals surface area contributed by atoms with Crippen LogP contribution in [0.3, 0.4) is 0 Å². The van der Waals surface area contributed by atoms with Gasteiger partial charge in [0.15, 0.2) is 6.61 Å². The smallest absolute Gasteiger partial charge is 0.277 e. The molecule has 1 aliphatic heterocycles. The molecule has 4 rings (SSSR count). The summed E-state index contributed by atoms with van der Waals surface area (Å²) in [5.41, 5.74) is 2.39. The van der Waals surface area contributed by atoms with Crippen LogP contribution in [0.15, 0.2) is 45.4 Å². The third-order valence-corrected chi connectivity index (χ3v) is 6.11. The highest BCUT2D eigenvalue weighted by molar-refractivity contribution is 7.99. The van der Waals surface area contributed by atoms with Gasteiger partial charge in [-0.25, -0.2) is 0 Å². The molecule has 6 nitrogen and oxygen atoms in total. The Morgan fingerprint density at radius 1 is 1.37 bits per heavy atom. The van der Waals surface area contributed by atoms with Crippen molar-refractivity contribution in [1.29, 1.82) is 0 Å². The molecule has 0 atom stereocenters. The van der Waals surface area contributed by atoms with Crippen molar-refractivity contribution in [2.45, 2.75) is 31.7 Å². The molecule has 0 N–H and O–H groups in total. The summed E-state index contributed by atoms with van der Waals surface area (Å²) in [7, 11) is 0. The zero-order valence-electron chi connectivity index (χ0n) is 14.9. The molecule has 0 unspecified atom stereocenters. The Morgan fingerprint density at radius 3 is 3.19 bits per heavy atom. The Labute approximate surface area is 165 Å². The second-order valence-electron chi connectivity index (χ2n) is 6.29. The van der Waals surface area contributed by atoms with E-state index in [1.165, 1.54) is 22.2 Å². The van der Waals surface area contributed by atoms with Crippen LogP contribution >= 0.6 is 23.1 Å². The number of thioether (sulfide) groups is 1. The normalized spacial score (nSPS) is 13.4. The number of hydrogen-bond acceptors (Lipinski definition) is 7. The Balaban J connectivity index is 1.26. The number of ether oxygens (including phenoxy) is 1. The van der Waals surface area contributed by atoms with Gasteiger partial charge in [0.25, 0.3) is 11.1 Å². The van der Waals surface area contributed by atoms with Gasteiger partial charge >= 0.3 is 0 Å². The lowest BCUT2D eigenvalue weighted by Crippen LogP contribution is -2.36. The van der Waals surface area contributed by atoms with Gasteiger partial charge in [-0.15, -0.1) is 21.5 Å². The fourth-order valence-corrected chi connectivity index (χ4v) is 4.45. The molecule has 1 aliphatic rings. The quantitative estimate of drug-likeness (QED) is 0.587. The Kier molecular flexibility index (Phi) is 5.45. The van der Waals surface area contributed by atoms with Crippen molar-refractivity contribution in [3.8, 4) is 5.75 Å². The third kappa shape index (κ3) is 4.51. The summed E-state index contributed by atoms with van der Waals surface area (Å²) in [6.07, 6.45) is 0.935. The van der Waals surface area contributed by atoms with E-state index in [0.29, 0.717) is 23.4 Å². The molecule has 0 radical (unpaired) electrons. The van der Waals surface area contributed by atoms with E-state index in [0.717, 1.165) is 24.3 Å². The summed E-state index contributed by atoms with van der Waals surface area (Å²) < 4.78 is 11.2. The van der Waals surface area contributed by atoms with Crippen LogP contribution in [0.2, 0.25) is 0 Å². The summed E-state index contributed by atoms with van der Waals surface area (Å²) in [5.74, 6) is 1.54. The number of carbonyl (C=O) groups excluding carboxylic acids is 1. The lowest BCUT2D eigenvalue weighted by atomic mass is 10.1. The van der Waals surface area contributed by atoms with Gasteiger partial charge in [0.2, 0.25) is 5.91 Å². The van der Waals surface area contributed by atoms with E-state index >= 15 is 0 Å². The van der Waals surface area contributed by atoms with Crippen molar-refractivity contribution >= 4 is 29.0 Å². The number of amides is 1. The van der Waals surface area contributed by atoms with Crippen LogP contribution in [0.1, 0.15) is 21.9 Å². The molecule has 1 amide bonds. The van der Waals surface area contributed by atoms with E-state index < -0.39 is 0 Å². The first-order valence-corrected chi connectivity index (χ1v) is 10.5. The number of aryl methyl sites for hydroxylation is 1. The lowest BCUT2D eigenvalue weighted by Gasteiger charge is -2.26. The molecule has 2 aromatic heterocycles. The minimum Gasteiger partial charge on any atom is -0.484 e. The van der Waals surface area contributed by atoms with Crippen LogP contribution in [0.25, 0.3) is 0 Å². The second-order valence-corrected chi connectivity index (χ2v) is 8.22. The molecule has 140 valence electrons. The largest absolute Gasteiger partial charge is 0.484 e. The topological polar surface area (TPSA) is 68.5 Å². The van der Waals surface area contributed by atoms with Crippen LogP contribution in [0.5, 0.6) is 5.75 Å². The molecule has 8 heteroatoms. The molecule has 3 aromatic rings. The van der Waals surface area contributed by atoms with Gasteiger partial charge in [-0.1, -0.05) is 23.9 Å². The first-order chi connectivity index (χ1) is 13.2. The molecule has 0 saturated carbocycles. The number of hydrogen-bond donors (Lipinski definition) is 0. The first kappa shape index (κ1) is 18.1. The number of aromatic nitrogens is 2. The van der Waals surface area contributed by atoms with Crippen molar-refractivity contribution in [2.75, 3.05) is 12.3 Å². The molecule has 0 saturated heterocycles. The molecule has 27 heavy (non-hydrogen) atoms. The van der Waals surface area contributed by atoms with Gasteiger partial charge in [-0.2, -0.15) is 0 Å². The van der Waals surface area contributed by atoms with Gasteiger partial charge in [0, 0.05) is 18.0 Å². The lowest BCUT2D eigenvalue weighted by molar-refractivity contribution is -0.129. The average molecular weight is 402 g/mol.